The van der Waals surface area contributed by atoms with E-state index >= 15 is 0 Å². The lowest BCUT2D eigenvalue weighted by Crippen LogP contribution is -2.32. The van der Waals surface area contributed by atoms with Crippen LogP contribution in [-0.2, 0) is 6.16 Å². The average Bonchev–Trinajstić information content (AvgIpc) is 3.28. The van der Waals surface area contributed by atoms with Crippen molar-refractivity contribution in [1.82, 2.24) is 0 Å². The van der Waals surface area contributed by atoms with Gasteiger partial charge in [0.25, 0.3) is 0 Å². The van der Waals surface area contributed by atoms with Crippen molar-refractivity contribution >= 4 is 54.7 Å². The SMILES string of the molecule is c1ccc([P+](Cc2cccc3sc4ccccc4c23)(c2ccccc2)c2ccccc2)cc1. The third-order valence-electron chi connectivity index (χ3n) is 6.49. The summed E-state index contributed by atoms with van der Waals surface area (Å²) in [5.74, 6) is 0. The molecule has 0 spiro atoms. The summed E-state index contributed by atoms with van der Waals surface area (Å²) in [4.78, 5) is 0. The van der Waals surface area contributed by atoms with Gasteiger partial charge in [0, 0.05) is 20.2 Å². The topological polar surface area (TPSA) is 0 Å². The summed E-state index contributed by atoms with van der Waals surface area (Å²) >= 11 is 1.90. The van der Waals surface area contributed by atoms with Crippen LogP contribution in [0.4, 0.5) is 0 Å². The Hall–Kier alpha value is -3.25. The van der Waals surface area contributed by atoms with E-state index in [-0.39, 0.29) is 0 Å². The molecule has 0 atom stereocenters. The van der Waals surface area contributed by atoms with Crippen LogP contribution in [0, 0.1) is 0 Å². The van der Waals surface area contributed by atoms with Gasteiger partial charge in [-0.05, 0) is 54.1 Å². The molecule has 0 aliphatic rings. The van der Waals surface area contributed by atoms with Gasteiger partial charge in [0.2, 0.25) is 0 Å². The van der Waals surface area contributed by atoms with Gasteiger partial charge < -0.3 is 0 Å². The van der Waals surface area contributed by atoms with Crippen LogP contribution in [0.2, 0.25) is 0 Å². The highest BCUT2D eigenvalue weighted by molar-refractivity contribution is 7.95. The maximum absolute atomic E-state index is 2.35. The van der Waals surface area contributed by atoms with Crippen LogP contribution in [0.3, 0.4) is 0 Å². The maximum atomic E-state index is 2.35. The van der Waals surface area contributed by atoms with E-state index < -0.39 is 7.26 Å². The fraction of sp³-hybridized carbons (Fsp3) is 0.0323. The molecule has 158 valence electrons. The van der Waals surface area contributed by atoms with Crippen LogP contribution in [0.1, 0.15) is 5.56 Å². The van der Waals surface area contributed by atoms with E-state index in [1.165, 1.54) is 41.6 Å². The molecule has 0 fully saturated rings. The molecule has 1 heterocycles. The Bertz CT molecular complexity index is 1420. The summed E-state index contributed by atoms with van der Waals surface area (Å²) in [5.41, 5.74) is 1.44. The van der Waals surface area contributed by atoms with Crippen molar-refractivity contribution < 1.29 is 0 Å². The first kappa shape index (κ1) is 20.4. The molecule has 6 aromatic rings. The molecule has 0 amide bonds. The van der Waals surface area contributed by atoms with Crippen LogP contribution < -0.4 is 15.9 Å². The van der Waals surface area contributed by atoms with Crippen molar-refractivity contribution in [1.29, 1.82) is 0 Å². The molecule has 33 heavy (non-hydrogen) atoms. The Morgan fingerprint density at radius 3 is 1.52 bits per heavy atom. The summed E-state index contributed by atoms with van der Waals surface area (Å²) in [7, 11) is -1.93. The minimum Gasteiger partial charge on any atom is -0.135 e. The number of benzene rings is 5. The van der Waals surface area contributed by atoms with Crippen molar-refractivity contribution in [2.75, 3.05) is 0 Å². The first-order valence-electron chi connectivity index (χ1n) is 11.3. The van der Waals surface area contributed by atoms with Gasteiger partial charge in [-0.15, -0.1) is 11.3 Å². The number of fused-ring (bicyclic) bond motifs is 3. The number of hydrogen-bond donors (Lipinski definition) is 0. The van der Waals surface area contributed by atoms with Crippen molar-refractivity contribution in [2.45, 2.75) is 6.16 Å². The van der Waals surface area contributed by atoms with Crippen LogP contribution in [0.25, 0.3) is 20.2 Å². The molecule has 1 aromatic heterocycles. The van der Waals surface area contributed by atoms with Crippen molar-refractivity contribution in [2.24, 2.45) is 0 Å². The van der Waals surface area contributed by atoms with E-state index in [1.54, 1.807) is 0 Å². The predicted molar refractivity (Wildman–Crippen MR) is 148 cm³/mol. The number of rotatable bonds is 5. The molecule has 0 saturated carbocycles. The fourth-order valence-electron chi connectivity index (χ4n) is 5.00. The average molecular weight is 460 g/mol. The highest BCUT2D eigenvalue weighted by atomic mass is 32.1. The zero-order valence-electron chi connectivity index (χ0n) is 18.3. The zero-order valence-corrected chi connectivity index (χ0v) is 20.0. The first-order chi connectivity index (χ1) is 16.4. The summed E-state index contributed by atoms with van der Waals surface area (Å²) in [6.45, 7) is 0. The molecule has 0 saturated heterocycles. The van der Waals surface area contributed by atoms with E-state index in [4.69, 9.17) is 0 Å². The van der Waals surface area contributed by atoms with Gasteiger partial charge in [0.15, 0.2) is 0 Å². The quantitative estimate of drug-likeness (QED) is 0.234. The summed E-state index contributed by atoms with van der Waals surface area (Å²) in [6, 6.07) is 49.2. The van der Waals surface area contributed by atoms with Crippen LogP contribution in [0.5, 0.6) is 0 Å². The Morgan fingerprint density at radius 1 is 0.455 bits per heavy atom. The normalized spacial score (nSPS) is 11.8. The van der Waals surface area contributed by atoms with Gasteiger partial charge in [-0.25, -0.2) is 0 Å². The second kappa shape index (κ2) is 8.60. The Morgan fingerprint density at radius 2 is 0.939 bits per heavy atom. The second-order valence-electron chi connectivity index (χ2n) is 8.36. The minimum atomic E-state index is -1.93. The lowest BCUT2D eigenvalue weighted by Gasteiger charge is -2.28. The number of hydrogen-bond acceptors (Lipinski definition) is 1. The van der Waals surface area contributed by atoms with Gasteiger partial charge in [0.1, 0.15) is 23.2 Å². The van der Waals surface area contributed by atoms with Gasteiger partial charge in [-0.2, -0.15) is 0 Å². The minimum absolute atomic E-state index is 1.00. The van der Waals surface area contributed by atoms with Crippen molar-refractivity contribution in [3.63, 3.8) is 0 Å². The molecule has 6 rings (SSSR count). The molecule has 5 aromatic carbocycles. The monoisotopic (exact) mass is 459 g/mol. The Kier molecular flexibility index (Phi) is 5.30. The van der Waals surface area contributed by atoms with E-state index in [1.807, 2.05) is 11.3 Å². The van der Waals surface area contributed by atoms with Crippen LogP contribution in [-0.4, -0.2) is 0 Å². The Labute approximate surface area is 199 Å². The van der Waals surface area contributed by atoms with Gasteiger partial charge in [-0.1, -0.05) is 84.9 Å². The van der Waals surface area contributed by atoms with Crippen LogP contribution in [0.15, 0.2) is 133 Å². The summed E-state index contributed by atoms with van der Waals surface area (Å²) < 4.78 is 2.74. The highest BCUT2D eigenvalue weighted by Gasteiger charge is 2.45. The molecule has 0 bridgehead atoms. The number of thiophene rings is 1. The molecule has 0 N–H and O–H groups in total. The van der Waals surface area contributed by atoms with Crippen molar-refractivity contribution in [3.05, 3.63) is 139 Å². The van der Waals surface area contributed by atoms with Gasteiger partial charge in [0.05, 0.1) is 6.16 Å². The van der Waals surface area contributed by atoms with Gasteiger partial charge >= 0.3 is 0 Å². The standard InChI is InChI=1S/C31H24PS/c1-4-14-25(15-5-1)32(26-16-6-2-7-17-26,27-18-8-3-9-19-27)23-24-13-12-22-30-31(24)28-20-10-11-21-29(28)33-30/h1-22H,23H2/q+1. The zero-order chi connectivity index (χ0) is 22.1. The molecule has 2 heteroatoms. The second-order valence-corrected chi connectivity index (χ2v) is 12.9. The molecule has 0 radical (unpaired) electrons. The van der Waals surface area contributed by atoms with Crippen LogP contribution >= 0.6 is 18.6 Å². The summed E-state index contributed by atoms with van der Waals surface area (Å²) in [6.07, 6.45) is 1.00. The molecule has 0 unspecified atom stereocenters. The van der Waals surface area contributed by atoms with Gasteiger partial charge in [-0.3, -0.25) is 0 Å². The van der Waals surface area contributed by atoms with E-state index in [0.717, 1.165) is 6.16 Å². The predicted octanol–water partition coefficient (Wildman–Crippen LogP) is 7.55. The first-order valence-corrected chi connectivity index (χ1v) is 14.1. The molecular weight excluding hydrogens is 435 g/mol. The molecule has 0 aliphatic carbocycles. The smallest absolute Gasteiger partial charge is 0.116 e. The largest absolute Gasteiger partial charge is 0.135 e. The van der Waals surface area contributed by atoms with E-state index in [0.29, 0.717) is 0 Å². The lowest BCUT2D eigenvalue weighted by molar-refractivity contribution is 1.44. The van der Waals surface area contributed by atoms with Crippen molar-refractivity contribution in [3.8, 4) is 0 Å². The molecular formula is C31H24PS+. The Balaban J connectivity index is 1.68. The fourth-order valence-corrected chi connectivity index (χ4v) is 10.4. The summed E-state index contributed by atoms with van der Waals surface area (Å²) in [5, 5.41) is 7.09. The van der Waals surface area contributed by atoms with E-state index in [2.05, 4.69) is 133 Å². The maximum Gasteiger partial charge on any atom is 0.116 e. The lowest BCUT2D eigenvalue weighted by atomic mass is 10.1. The molecule has 0 aliphatic heterocycles. The third kappa shape index (κ3) is 3.49. The highest BCUT2D eigenvalue weighted by Crippen LogP contribution is 2.59. The van der Waals surface area contributed by atoms with E-state index in [9.17, 15) is 0 Å². The molecule has 0 nitrogen and oxygen atoms in total. The third-order valence-corrected chi connectivity index (χ3v) is 12.0.